The number of hydrogen-bond donors (Lipinski definition) is 2. The number of nitrogens with zero attached hydrogens (tertiary/aromatic N) is 1. The maximum absolute atomic E-state index is 12.5. The molecule has 1 amide bonds. The maximum atomic E-state index is 12.5. The van der Waals surface area contributed by atoms with Gasteiger partial charge in [-0.2, -0.15) is 0 Å². The third-order valence-electron chi connectivity index (χ3n) is 4.20. The molecule has 6 heteroatoms. The molecule has 0 radical (unpaired) electrons. The van der Waals surface area contributed by atoms with Crippen LogP contribution in [0.4, 0.5) is 0 Å². The molecule has 0 spiro atoms. The topological polar surface area (TPSA) is 84.6 Å². The van der Waals surface area contributed by atoms with Crippen LogP contribution >= 0.6 is 0 Å². The average molecular weight is 346 g/mol. The highest BCUT2D eigenvalue weighted by molar-refractivity contribution is 5.96. The summed E-state index contributed by atoms with van der Waals surface area (Å²) in [5.41, 5.74) is 1.98. The number of rotatable bonds is 8. The van der Waals surface area contributed by atoms with E-state index in [1.165, 1.54) is 0 Å². The molecular formula is C19H26N2O4. The summed E-state index contributed by atoms with van der Waals surface area (Å²) in [6.07, 6.45) is 0.622. The Balaban J connectivity index is 2.05. The number of aliphatic hydroxyl groups excluding tert-OH is 1. The summed E-state index contributed by atoms with van der Waals surface area (Å²) >= 11 is 0. The molecule has 0 aliphatic heterocycles. The number of aromatic nitrogens is 1. The summed E-state index contributed by atoms with van der Waals surface area (Å²) in [5, 5.41) is 15.9. The van der Waals surface area contributed by atoms with Crippen molar-refractivity contribution in [1.29, 1.82) is 0 Å². The van der Waals surface area contributed by atoms with E-state index in [9.17, 15) is 4.79 Å². The first-order valence-corrected chi connectivity index (χ1v) is 8.37. The van der Waals surface area contributed by atoms with Crippen molar-refractivity contribution in [1.82, 2.24) is 10.5 Å². The molecule has 0 aliphatic carbocycles. The monoisotopic (exact) mass is 346 g/mol. The summed E-state index contributed by atoms with van der Waals surface area (Å²) in [6, 6.07) is 7.13. The number of hydrogen-bond acceptors (Lipinski definition) is 5. The number of carbonyl (C=O) groups is 1. The third-order valence-corrected chi connectivity index (χ3v) is 4.20. The van der Waals surface area contributed by atoms with E-state index in [0.29, 0.717) is 36.6 Å². The molecule has 0 aliphatic rings. The van der Waals surface area contributed by atoms with Gasteiger partial charge in [-0.25, -0.2) is 0 Å². The van der Waals surface area contributed by atoms with Crippen molar-refractivity contribution in [2.24, 2.45) is 5.41 Å². The number of aryl methyl sites for hydroxylation is 2. The van der Waals surface area contributed by atoms with Crippen LogP contribution in [0.3, 0.4) is 0 Å². The van der Waals surface area contributed by atoms with Crippen molar-refractivity contribution in [2.45, 2.75) is 40.7 Å². The van der Waals surface area contributed by atoms with Crippen molar-refractivity contribution in [3.05, 3.63) is 46.8 Å². The van der Waals surface area contributed by atoms with Gasteiger partial charge in [-0.1, -0.05) is 31.1 Å². The van der Waals surface area contributed by atoms with Crippen LogP contribution in [0.1, 0.15) is 47.6 Å². The quantitative estimate of drug-likeness (QED) is 0.767. The summed E-state index contributed by atoms with van der Waals surface area (Å²) < 4.78 is 11.0. The minimum absolute atomic E-state index is 0.0972. The van der Waals surface area contributed by atoms with E-state index in [2.05, 4.69) is 10.5 Å². The average Bonchev–Trinajstić information content (AvgIpc) is 2.89. The Labute approximate surface area is 148 Å². The molecule has 2 rings (SSSR count). The van der Waals surface area contributed by atoms with Gasteiger partial charge in [0.2, 0.25) is 0 Å². The molecule has 25 heavy (non-hydrogen) atoms. The van der Waals surface area contributed by atoms with Gasteiger partial charge in [0.05, 0.1) is 16.8 Å². The lowest BCUT2D eigenvalue weighted by molar-refractivity contribution is 0.0923. The molecule has 0 fully saturated rings. The number of amides is 1. The predicted molar refractivity (Wildman–Crippen MR) is 94.6 cm³/mol. The minimum Gasteiger partial charge on any atom is -0.488 e. The van der Waals surface area contributed by atoms with E-state index in [1.54, 1.807) is 18.2 Å². The molecule has 1 aromatic carbocycles. The first-order chi connectivity index (χ1) is 11.8. The molecule has 2 N–H and O–H groups in total. The SMILES string of the molecule is Cc1noc(C)c1COc1ccccc1C(=O)NCC(C)(C)CCO. The molecule has 1 heterocycles. The van der Waals surface area contributed by atoms with E-state index in [1.807, 2.05) is 33.8 Å². The molecule has 0 saturated carbocycles. The first kappa shape index (κ1) is 19.0. The zero-order chi connectivity index (χ0) is 18.4. The highest BCUT2D eigenvalue weighted by atomic mass is 16.5. The van der Waals surface area contributed by atoms with Crippen LogP contribution in [0.15, 0.2) is 28.8 Å². The van der Waals surface area contributed by atoms with E-state index >= 15 is 0 Å². The van der Waals surface area contributed by atoms with Crippen LogP contribution in [0.25, 0.3) is 0 Å². The third kappa shape index (κ3) is 5.06. The molecule has 0 unspecified atom stereocenters. The first-order valence-electron chi connectivity index (χ1n) is 8.37. The van der Waals surface area contributed by atoms with E-state index in [-0.39, 0.29) is 17.9 Å². The van der Waals surface area contributed by atoms with Crippen LogP contribution in [-0.4, -0.2) is 29.3 Å². The molecule has 0 atom stereocenters. The molecule has 0 saturated heterocycles. The number of carbonyl (C=O) groups excluding carboxylic acids is 1. The van der Waals surface area contributed by atoms with Gasteiger partial charge in [0.25, 0.3) is 5.91 Å². The molecule has 2 aromatic rings. The van der Waals surface area contributed by atoms with Crippen LogP contribution in [0.5, 0.6) is 5.75 Å². The largest absolute Gasteiger partial charge is 0.488 e. The van der Waals surface area contributed by atoms with Crippen LogP contribution in [0, 0.1) is 19.3 Å². The second-order valence-electron chi connectivity index (χ2n) is 6.91. The van der Waals surface area contributed by atoms with E-state index < -0.39 is 0 Å². The summed E-state index contributed by atoms with van der Waals surface area (Å²) in [7, 11) is 0. The molecule has 0 bridgehead atoms. The van der Waals surface area contributed by atoms with Crippen LogP contribution in [0.2, 0.25) is 0 Å². The molecule has 6 nitrogen and oxygen atoms in total. The zero-order valence-electron chi connectivity index (χ0n) is 15.3. The Morgan fingerprint density at radius 1 is 1.32 bits per heavy atom. The number of aliphatic hydroxyl groups is 1. The second-order valence-corrected chi connectivity index (χ2v) is 6.91. The van der Waals surface area contributed by atoms with E-state index in [4.69, 9.17) is 14.4 Å². The van der Waals surface area contributed by atoms with Gasteiger partial charge in [0.1, 0.15) is 18.1 Å². The van der Waals surface area contributed by atoms with Crippen molar-refractivity contribution in [3.8, 4) is 5.75 Å². The van der Waals surface area contributed by atoms with Gasteiger partial charge in [0.15, 0.2) is 0 Å². The minimum atomic E-state index is -0.194. The normalized spacial score (nSPS) is 11.4. The highest BCUT2D eigenvalue weighted by Crippen LogP contribution is 2.23. The smallest absolute Gasteiger partial charge is 0.255 e. The van der Waals surface area contributed by atoms with Gasteiger partial charge in [0, 0.05) is 13.2 Å². The fraction of sp³-hybridized carbons (Fsp3) is 0.474. The maximum Gasteiger partial charge on any atom is 0.255 e. The van der Waals surface area contributed by atoms with Gasteiger partial charge in [-0.3, -0.25) is 4.79 Å². The molecule has 1 aromatic heterocycles. The molecular weight excluding hydrogens is 320 g/mol. The summed E-state index contributed by atoms with van der Waals surface area (Å²) in [5.74, 6) is 1.03. The zero-order valence-corrected chi connectivity index (χ0v) is 15.3. The molecule has 136 valence electrons. The van der Waals surface area contributed by atoms with Crippen LogP contribution in [-0.2, 0) is 6.61 Å². The number of para-hydroxylation sites is 1. The number of ether oxygens (including phenoxy) is 1. The fourth-order valence-electron chi connectivity index (χ4n) is 2.44. The Morgan fingerprint density at radius 3 is 2.68 bits per heavy atom. The van der Waals surface area contributed by atoms with Gasteiger partial charge in [-0.15, -0.1) is 0 Å². The Morgan fingerprint density at radius 2 is 2.04 bits per heavy atom. The van der Waals surface area contributed by atoms with Gasteiger partial charge in [-0.05, 0) is 37.8 Å². The number of benzene rings is 1. The summed E-state index contributed by atoms with van der Waals surface area (Å²) in [6.45, 7) is 8.57. The Hall–Kier alpha value is -2.34. The van der Waals surface area contributed by atoms with E-state index in [0.717, 1.165) is 11.3 Å². The standard InChI is InChI=1S/C19H26N2O4/c1-13-16(14(2)25-21-13)11-24-17-8-6-5-7-15(17)18(23)20-12-19(3,4)9-10-22/h5-8,22H,9-12H2,1-4H3,(H,20,23). The van der Waals surface area contributed by atoms with Gasteiger partial charge < -0.3 is 19.7 Å². The lowest BCUT2D eigenvalue weighted by Crippen LogP contribution is -2.34. The fourth-order valence-corrected chi connectivity index (χ4v) is 2.44. The van der Waals surface area contributed by atoms with Crippen molar-refractivity contribution in [3.63, 3.8) is 0 Å². The van der Waals surface area contributed by atoms with Gasteiger partial charge >= 0.3 is 0 Å². The van der Waals surface area contributed by atoms with Crippen molar-refractivity contribution < 1.29 is 19.2 Å². The summed E-state index contributed by atoms with van der Waals surface area (Å²) in [4.78, 5) is 12.5. The van der Waals surface area contributed by atoms with Crippen LogP contribution < -0.4 is 10.1 Å². The lowest BCUT2D eigenvalue weighted by Gasteiger charge is -2.24. The number of nitrogens with one attached hydrogen (secondary N) is 1. The van der Waals surface area contributed by atoms with Crippen molar-refractivity contribution >= 4 is 5.91 Å². The Kier molecular flexibility index (Phi) is 6.20. The second kappa shape index (κ2) is 8.16. The Bertz CT molecular complexity index is 702. The predicted octanol–water partition coefficient (Wildman–Crippen LogP) is 3.01. The lowest BCUT2D eigenvalue weighted by atomic mass is 9.89. The van der Waals surface area contributed by atoms with Crippen molar-refractivity contribution in [2.75, 3.05) is 13.2 Å². The highest BCUT2D eigenvalue weighted by Gasteiger charge is 2.20.